The summed E-state index contributed by atoms with van der Waals surface area (Å²) in [6.45, 7) is 3.11. The number of nitrogens with zero attached hydrogens (tertiary/aromatic N) is 3. The van der Waals surface area contributed by atoms with Crippen LogP contribution in [-0.2, 0) is 6.54 Å². The van der Waals surface area contributed by atoms with Crippen molar-refractivity contribution in [3.63, 3.8) is 0 Å². The molecule has 98 valence electrons. The van der Waals surface area contributed by atoms with E-state index in [0.717, 1.165) is 17.3 Å². The molecule has 2 rings (SSSR count). The van der Waals surface area contributed by atoms with E-state index >= 15 is 0 Å². The molecule has 0 aromatic carbocycles. The van der Waals surface area contributed by atoms with Crippen LogP contribution in [0.4, 0.5) is 11.6 Å². The first kappa shape index (κ1) is 12.9. The molecule has 0 aliphatic heterocycles. The van der Waals surface area contributed by atoms with E-state index in [9.17, 15) is 0 Å². The monoisotopic (exact) mass is 256 g/mol. The standard InChI is InChI=1S/C13H16N6/c1-10-18-12(16-7-3-5-14)8-13(19-10)17-9-11-4-2-6-15-11/h2,4,6,8,15H,3,7,9H2,1H3,(H2,16,17,18,19). The summed E-state index contributed by atoms with van der Waals surface area (Å²) in [7, 11) is 0. The van der Waals surface area contributed by atoms with Gasteiger partial charge in [0, 0.05) is 24.5 Å². The zero-order valence-corrected chi connectivity index (χ0v) is 10.8. The first-order valence-electron chi connectivity index (χ1n) is 6.10. The van der Waals surface area contributed by atoms with Crippen molar-refractivity contribution in [2.75, 3.05) is 17.2 Å². The van der Waals surface area contributed by atoms with Crippen LogP contribution in [0.3, 0.4) is 0 Å². The third-order valence-corrected chi connectivity index (χ3v) is 2.50. The van der Waals surface area contributed by atoms with Gasteiger partial charge in [0.2, 0.25) is 0 Å². The first-order chi connectivity index (χ1) is 9.28. The topological polar surface area (TPSA) is 89.4 Å². The van der Waals surface area contributed by atoms with Gasteiger partial charge in [-0.05, 0) is 19.1 Å². The Morgan fingerprint density at radius 1 is 1.32 bits per heavy atom. The summed E-state index contributed by atoms with van der Waals surface area (Å²) < 4.78 is 0. The van der Waals surface area contributed by atoms with Crippen LogP contribution in [0.5, 0.6) is 0 Å². The van der Waals surface area contributed by atoms with Crippen molar-refractivity contribution in [1.82, 2.24) is 15.0 Å². The SMILES string of the molecule is Cc1nc(NCCC#N)cc(NCc2ccc[nH]2)n1. The Labute approximate surface area is 111 Å². The zero-order valence-electron chi connectivity index (χ0n) is 10.8. The highest BCUT2D eigenvalue weighted by atomic mass is 15.1. The second kappa shape index (κ2) is 6.40. The van der Waals surface area contributed by atoms with E-state index in [1.807, 2.05) is 31.3 Å². The minimum absolute atomic E-state index is 0.453. The zero-order chi connectivity index (χ0) is 13.5. The Hall–Kier alpha value is -2.55. The highest BCUT2D eigenvalue weighted by molar-refractivity contribution is 5.47. The minimum Gasteiger partial charge on any atom is -0.369 e. The molecule has 6 nitrogen and oxygen atoms in total. The molecule has 0 saturated heterocycles. The second-order valence-corrected chi connectivity index (χ2v) is 4.07. The number of aromatic amines is 1. The van der Waals surface area contributed by atoms with Crippen molar-refractivity contribution in [3.05, 3.63) is 35.9 Å². The average Bonchev–Trinajstić information content (AvgIpc) is 2.89. The van der Waals surface area contributed by atoms with Gasteiger partial charge in [-0.1, -0.05) is 0 Å². The summed E-state index contributed by atoms with van der Waals surface area (Å²) >= 11 is 0. The molecular weight excluding hydrogens is 240 g/mol. The minimum atomic E-state index is 0.453. The Morgan fingerprint density at radius 2 is 2.11 bits per heavy atom. The summed E-state index contributed by atoms with van der Waals surface area (Å²) in [5.41, 5.74) is 1.09. The molecule has 2 heterocycles. The smallest absolute Gasteiger partial charge is 0.132 e. The van der Waals surface area contributed by atoms with Crippen LogP contribution in [0.1, 0.15) is 17.9 Å². The lowest BCUT2D eigenvalue weighted by atomic mass is 10.4. The molecule has 0 aliphatic carbocycles. The Kier molecular flexibility index (Phi) is 4.34. The fraction of sp³-hybridized carbons (Fsp3) is 0.308. The Bertz CT molecular complexity index is 555. The third-order valence-electron chi connectivity index (χ3n) is 2.50. The average molecular weight is 256 g/mol. The normalized spacial score (nSPS) is 9.89. The van der Waals surface area contributed by atoms with Gasteiger partial charge in [0.05, 0.1) is 19.0 Å². The predicted octanol–water partition coefficient (Wildman–Crippen LogP) is 2.05. The molecule has 0 radical (unpaired) electrons. The van der Waals surface area contributed by atoms with E-state index in [0.29, 0.717) is 25.3 Å². The van der Waals surface area contributed by atoms with Crippen LogP contribution in [-0.4, -0.2) is 21.5 Å². The number of nitrogens with one attached hydrogen (secondary N) is 3. The van der Waals surface area contributed by atoms with Crippen LogP contribution in [0.2, 0.25) is 0 Å². The number of aromatic nitrogens is 3. The van der Waals surface area contributed by atoms with Crippen molar-refractivity contribution < 1.29 is 0 Å². The van der Waals surface area contributed by atoms with E-state index in [4.69, 9.17) is 5.26 Å². The molecule has 0 atom stereocenters. The number of anilines is 2. The molecule has 3 N–H and O–H groups in total. The molecule has 0 amide bonds. The number of hydrogen-bond acceptors (Lipinski definition) is 5. The fourth-order valence-corrected chi connectivity index (χ4v) is 1.66. The summed E-state index contributed by atoms with van der Waals surface area (Å²) in [6.07, 6.45) is 2.34. The summed E-state index contributed by atoms with van der Waals surface area (Å²) in [5, 5.41) is 14.8. The fourth-order valence-electron chi connectivity index (χ4n) is 1.66. The highest BCUT2D eigenvalue weighted by Crippen LogP contribution is 2.12. The van der Waals surface area contributed by atoms with Crippen molar-refractivity contribution in [3.8, 4) is 6.07 Å². The molecular formula is C13H16N6. The van der Waals surface area contributed by atoms with Gasteiger partial charge in [-0.2, -0.15) is 5.26 Å². The number of aryl methyl sites for hydroxylation is 1. The van der Waals surface area contributed by atoms with E-state index < -0.39 is 0 Å². The van der Waals surface area contributed by atoms with Crippen molar-refractivity contribution >= 4 is 11.6 Å². The number of hydrogen-bond donors (Lipinski definition) is 3. The van der Waals surface area contributed by atoms with Crippen molar-refractivity contribution in [1.29, 1.82) is 5.26 Å². The molecule has 19 heavy (non-hydrogen) atoms. The second-order valence-electron chi connectivity index (χ2n) is 4.07. The van der Waals surface area contributed by atoms with E-state index in [1.54, 1.807) is 0 Å². The van der Waals surface area contributed by atoms with Gasteiger partial charge in [-0.15, -0.1) is 0 Å². The van der Waals surface area contributed by atoms with Crippen LogP contribution < -0.4 is 10.6 Å². The predicted molar refractivity (Wildman–Crippen MR) is 73.6 cm³/mol. The molecule has 0 bridgehead atoms. The van der Waals surface area contributed by atoms with Gasteiger partial charge in [-0.25, -0.2) is 9.97 Å². The van der Waals surface area contributed by atoms with E-state index in [1.165, 1.54) is 0 Å². The summed E-state index contributed by atoms with van der Waals surface area (Å²) in [5.74, 6) is 2.19. The summed E-state index contributed by atoms with van der Waals surface area (Å²) in [6, 6.07) is 7.89. The van der Waals surface area contributed by atoms with Gasteiger partial charge < -0.3 is 15.6 Å². The Morgan fingerprint density at radius 3 is 2.79 bits per heavy atom. The lowest BCUT2D eigenvalue weighted by Crippen LogP contribution is -2.07. The molecule has 0 saturated carbocycles. The molecule has 2 aromatic heterocycles. The van der Waals surface area contributed by atoms with Gasteiger partial charge in [0.25, 0.3) is 0 Å². The third kappa shape index (κ3) is 4.00. The van der Waals surface area contributed by atoms with Gasteiger partial charge >= 0.3 is 0 Å². The van der Waals surface area contributed by atoms with Crippen molar-refractivity contribution in [2.24, 2.45) is 0 Å². The highest BCUT2D eigenvalue weighted by Gasteiger charge is 2.01. The number of nitriles is 1. The molecule has 0 aliphatic rings. The first-order valence-corrected chi connectivity index (χ1v) is 6.10. The van der Waals surface area contributed by atoms with Crippen LogP contribution >= 0.6 is 0 Å². The van der Waals surface area contributed by atoms with Crippen LogP contribution in [0, 0.1) is 18.3 Å². The van der Waals surface area contributed by atoms with E-state index in [-0.39, 0.29) is 0 Å². The largest absolute Gasteiger partial charge is 0.369 e. The maximum absolute atomic E-state index is 8.50. The maximum atomic E-state index is 8.50. The van der Waals surface area contributed by atoms with Crippen LogP contribution in [0.15, 0.2) is 24.4 Å². The van der Waals surface area contributed by atoms with E-state index in [2.05, 4.69) is 31.7 Å². The Balaban J connectivity index is 1.98. The molecule has 2 aromatic rings. The summed E-state index contributed by atoms with van der Waals surface area (Å²) in [4.78, 5) is 11.7. The number of H-pyrrole nitrogens is 1. The lowest BCUT2D eigenvalue weighted by molar-refractivity contribution is 0.986. The molecule has 6 heteroatoms. The molecule has 0 unspecified atom stereocenters. The maximum Gasteiger partial charge on any atom is 0.132 e. The quantitative estimate of drug-likeness (QED) is 0.688. The molecule has 0 spiro atoms. The molecule has 0 fully saturated rings. The van der Waals surface area contributed by atoms with Gasteiger partial charge in [-0.3, -0.25) is 0 Å². The van der Waals surface area contributed by atoms with Gasteiger partial charge in [0.15, 0.2) is 0 Å². The van der Waals surface area contributed by atoms with Crippen molar-refractivity contribution in [2.45, 2.75) is 19.9 Å². The lowest BCUT2D eigenvalue weighted by Gasteiger charge is -2.08. The van der Waals surface area contributed by atoms with Gasteiger partial charge in [0.1, 0.15) is 17.5 Å². The number of rotatable bonds is 6. The van der Waals surface area contributed by atoms with Crippen LogP contribution in [0.25, 0.3) is 0 Å².